The summed E-state index contributed by atoms with van der Waals surface area (Å²) in [6, 6.07) is 5.86. The Bertz CT molecular complexity index is 1250. The number of aromatic nitrogens is 1. The van der Waals surface area contributed by atoms with Crippen molar-refractivity contribution in [2.45, 2.75) is 96.0 Å². The Morgan fingerprint density at radius 2 is 1.93 bits per heavy atom. The lowest BCUT2D eigenvalue weighted by molar-refractivity contribution is -0.159. The second kappa shape index (κ2) is 12.1. The first-order valence-corrected chi connectivity index (χ1v) is 14.8. The van der Waals surface area contributed by atoms with E-state index >= 15 is 4.39 Å². The van der Waals surface area contributed by atoms with Gasteiger partial charge in [0.05, 0.1) is 13.2 Å². The molecule has 1 amide bonds. The number of rotatable bonds is 8. The Balaban J connectivity index is 1.58. The first-order valence-electron chi connectivity index (χ1n) is 14.8. The van der Waals surface area contributed by atoms with Crippen LogP contribution in [0.15, 0.2) is 36.5 Å². The minimum Gasteiger partial charge on any atom is -0.481 e. The highest BCUT2D eigenvalue weighted by Gasteiger charge is 2.59. The summed E-state index contributed by atoms with van der Waals surface area (Å²) < 4.78 is 27.0. The van der Waals surface area contributed by atoms with Crippen LogP contribution in [0.25, 0.3) is 0 Å². The van der Waals surface area contributed by atoms with Crippen LogP contribution < -0.4 is 10.1 Å². The van der Waals surface area contributed by atoms with E-state index in [1.807, 2.05) is 27.0 Å². The third kappa shape index (κ3) is 5.84. The molecule has 5 atom stereocenters. The molecule has 0 radical (unpaired) electrons. The number of methoxy groups -OCH3 is 1. The van der Waals surface area contributed by atoms with Gasteiger partial charge in [0.15, 0.2) is 0 Å². The van der Waals surface area contributed by atoms with Crippen molar-refractivity contribution in [1.82, 2.24) is 15.2 Å². The molecule has 1 saturated carbocycles. The van der Waals surface area contributed by atoms with Crippen molar-refractivity contribution in [3.63, 3.8) is 0 Å². The number of nitrogens with zero attached hydrogens (tertiary/aromatic N) is 2. The van der Waals surface area contributed by atoms with Crippen LogP contribution in [0.5, 0.6) is 5.88 Å². The van der Waals surface area contributed by atoms with E-state index in [2.05, 4.69) is 16.4 Å². The van der Waals surface area contributed by atoms with E-state index in [0.717, 1.165) is 36.8 Å². The third-order valence-corrected chi connectivity index (χ3v) is 9.10. The monoisotopic (exact) mass is 567 g/mol. The van der Waals surface area contributed by atoms with Crippen molar-refractivity contribution in [2.75, 3.05) is 13.7 Å². The zero-order valence-corrected chi connectivity index (χ0v) is 24.4. The van der Waals surface area contributed by atoms with E-state index in [1.165, 1.54) is 17.4 Å². The Labute approximate surface area is 241 Å². The molecule has 5 rings (SSSR count). The number of halogens is 1. The Hall–Kier alpha value is -3.04. The van der Waals surface area contributed by atoms with E-state index in [0.29, 0.717) is 36.9 Å². The van der Waals surface area contributed by atoms with Gasteiger partial charge >= 0.3 is 5.97 Å². The smallest absolute Gasteiger partial charge is 0.326 e. The van der Waals surface area contributed by atoms with Crippen LogP contribution in [0.3, 0.4) is 0 Å². The van der Waals surface area contributed by atoms with E-state index in [-0.39, 0.29) is 0 Å². The van der Waals surface area contributed by atoms with Crippen LogP contribution >= 0.6 is 0 Å². The van der Waals surface area contributed by atoms with Crippen molar-refractivity contribution >= 4 is 11.9 Å². The first kappa shape index (κ1) is 29.5. The Kier molecular flexibility index (Phi) is 8.66. The van der Waals surface area contributed by atoms with Gasteiger partial charge in [-0.05, 0) is 61.1 Å². The molecule has 1 aromatic heterocycles. The highest BCUT2D eigenvalue weighted by atomic mass is 19.1. The molecule has 3 aliphatic rings. The van der Waals surface area contributed by atoms with Crippen molar-refractivity contribution in [2.24, 2.45) is 11.3 Å². The van der Waals surface area contributed by atoms with E-state index in [1.54, 1.807) is 25.3 Å². The van der Waals surface area contributed by atoms with E-state index in [9.17, 15) is 14.7 Å². The summed E-state index contributed by atoms with van der Waals surface area (Å²) >= 11 is 0. The summed E-state index contributed by atoms with van der Waals surface area (Å²) in [5.41, 5.74) is 1.76. The van der Waals surface area contributed by atoms with Crippen molar-refractivity contribution in [3.8, 4) is 5.88 Å². The minimum atomic E-state index is -1.17. The summed E-state index contributed by atoms with van der Waals surface area (Å²) in [7, 11) is 1.58. The van der Waals surface area contributed by atoms with Gasteiger partial charge in [-0.25, -0.2) is 14.2 Å². The second-order valence-electron chi connectivity index (χ2n) is 12.7. The second-order valence-corrected chi connectivity index (χ2v) is 12.7. The minimum absolute atomic E-state index is 0.292. The van der Waals surface area contributed by atoms with Crippen LogP contribution in [-0.4, -0.2) is 58.8 Å². The largest absolute Gasteiger partial charge is 0.481 e. The van der Waals surface area contributed by atoms with Crippen LogP contribution in [0, 0.1) is 17.2 Å². The molecule has 2 aromatic rings. The summed E-state index contributed by atoms with van der Waals surface area (Å²) in [6.45, 7) is 6.70. The first-order chi connectivity index (χ1) is 19.6. The average Bonchev–Trinajstić information content (AvgIpc) is 3.27. The number of benzene rings is 1. The lowest BCUT2D eigenvalue weighted by Gasteiger charge is -2.36. The van der Waals surface area contributed by atoms with Crippen molar-refractivity contribution in [3.05, 3.63) is 59.0 Å². The quantitative estimate of drug-likeness (QED) is 0.451. The Morgan fingerprint density at radius 3 is 2.51 bits per heavy atom. The normalized spacial score (nSPS) is 27.0. The average molecular weight is 568 g/mol. The molecule has 222 valence electrons. The lowest BCUT2D eigenvalue weighted by atomic mass is 9.72. The predicted octanol–water partition coefficient (Wildman–Crippen LogP) is 5.22. The number of hydrogen-bond acceptors (Lipinski definition) is 6. The number of amides is 1. The van der Waals surface area contributed by atoms with Gasteiger partial charge in [0.25, 0.3) is 5.91 Å². The number of carbonyl (C=O) groups excluding carboxylic acids is 1. The van der Waals surface area contributed by atoms with Crippen LogP contribution in [0.1, 0.15) is 87.9 Å². The Morgan fingerprint density at radius 1 is 1.17 bits per heavy atom. The maximum absolute atomic E-state index is 15.5. The molecule has 2 N–H and O–H groups in total. The number of aliphatic carboxylic acids is 1. The van der Waals surface area contributed by atoms with Gasteiger partial charge in [-0.3, -0.25) is 4.79 Å². The number of carboxylic acids is 1. The number of hydrogen-bond donors (Lipinski definition) is 2. The van der Waals surface area contributed by atoms with Crippen molar-refractivity contribution in [1.29, 1.82) is 0 Å². The highest BCUT2D eigenvalue weighted by Crippen LogP contribution is 2.49. The molecule has 1 aromatic carbocycles. The summed E-state index contributed by atoms with van der Waals surface area (Å²) in [4.78, 5) is 33.1. The molecule has 3 fully saturated rings. The summed E-state index contributed by atoms with van der Waals surface area (Å²) in [5, 5.41) is 14.2. The van der Waals surface area contributed by atoms with Gasteiger partial charge in [-0.15, -0.1) is 0 Å². The number of carboxylic acid groups (broad SMARTS) is 1. The number of pyridine rings is 1. The van der Waals surface area contributed by atoms with Gasteiger partial charge in [0.2, 0.25) is 5.88 Å². The topological polar surface area (TPSA) is 101 Å². The molecule has 0 unspecified atom stereocenters. The van der Waals surface area contributed by atoms with Crippen LogP contribution in [0.4, 0.5) is 4.39 Å². The molecule has 0 bridgehead atoms. The molecule has 0 spiro atoms. The van der Waals surface area contributed by atoms with Gasteiger partial charge in [-0.2, -0.15) is 0 Å². The molecular weight excluding hydrogens is 525 g/mol. The van der Waals surface area contributed by atoms with Gasteiger partial charge in [-0.1, -0.05) is 45.4 Å². The van der Waals surface area contributed by atoms with E-state index in [4.69, 9.17) is 9.47 Å². The summed E-state index contributed by atoms with van der Waals surface area (Å²) in [5.74, 6) is -1.54. The maximum atomic E-state index is 15.5. The standard InChI is InChI=1S/C32H42FN3O5/c1-32(2,3)25-26(34-18-21-16-20(19-10-9-11-19)17-35-29(21)40-4)27(22-12-5-6-13-23(22)33)36(28(25)31(38)39)30(37)24-14-7-8-15-41-24/h5-6,12-13,16-17,19,24-28,34H,7-11,14-15,18H2,1-4H3,(H,38,39)/t24-,25+,26+,27+,28+/m1/s1. The van der Waals surface area contributed by atoms with Crippen LogP contribution in [-0.2, 0) is 20.9 Å². The molecule has 41 heavy (non-hydrogen) atoms. The molecule has 9 heteroatoms. The third-order valence-electron chi connectivity index (χ3n) is 9.10. The lowest BCUT2D eigenvalue weighted by Crippen LogP contribution is -2.51. The SMILES string of the molecule is COc1ncc(C2CCC2)cc1CN[C@H]1[C@H](C(C)(C)C)[C@@H](C(=O)O)N(C(=O)[C@H]2CCCCO2)[C@H]1c1ccccc1F. The van der Waals surface area contributed by atoms with Gasteiger partial charge in [0, 0.05) is 42.4 Å². The number of carbonyl (C=O) groups is 2. The molecule has 2 aliphatic heterocycles. The number of ether oxygens (including phenoxy) is 2. The zero-order chi connectivity index (χ0) is 29.3. The fraction of sp³-hybridized carbons (Fsp3) is 0.594. The zero-order valence-electron chi connectivity index (χ0n) is 24.4. The van der Waals surface area contributed by atoms with Gasteiger partial charge < -0.3 is 24.8 Å². The van der Waals surface area contributed by atoms with E-state index < -0.39 is 53.3 Å². The van der Waals surface area contributed by atoms with Crippen molar-refractivity contribution < 1.29 is 28.6 Å². The fourth-order valence-corrected chi connectivity index (χ4v) is 6.89. The molecule has 3 heterocycles. The molecule has 8 nitrogen and oxygen atoms in total. The predicted molar refractivity (Wildman–Crippen MR) is 152 cm³/mol. The number of likely N-dealkylation sites (tertiary alicyclic amines) is 1. The maximum Gasteiger partial charge on any atom is 0.326 e. The molecule has 2 saturated heterocycles. The molecule has 1 aliphatic carbocycles. The molecular formula is C32H42FN3O5. The number of nitrogens with one attached hydrogen (secondary N) is 1. The van der Waals surface area contributed by atoms with Gasteiger partial charge in [0.1, 0.15) is 18.0 Å². The van der Waals surface area contributed by atoms with Crippen LogP contribution in [0.2, 0.25) is 0 Å². The summed E-state index contributed by atoms with van der Waals surface area (Å²) in [6.07, 6.45) is 6.77. The highest BCUT2D eigenvalue weighted by molar-refractivity contribution is 5.88. The fourth-order valence-electron chi connectivity index (χ4n) is 6.89.